The number of carbonyl (C=O) groups is 1. The molecule has 0 bridgehead atoms. The molecule has 1 amide bonds. The Balaban J connectivity index is 2.44. The van der Waals surface area contributed by atoms with Gasteiger partial charge in [-0.1, -0.05) is 40.5 Å². The van der Waals surface area contributed by atoms with Gasteiger partial charge >= 0.3 is 0 Å². The standard InChI is InChI=1S/C15H30N2O/c1-5-10-16-11-14(18)17-13-9-7-6-8-12(13)15(2,3)4/h12-13,16H,5-11H2,1-4H3,(H,17,18). The van der Waals surface area contributed by atoms with Crippen molar-refractivity contribution in [3.63, 3.8) is 0 Å². The van der Waals surface area contributed by atoms with Crippen LogP contribution in [0.25, 0.3) is 0 Å². The molecular formula is C15H30N2O. The maximum atomic E-state index is 11.9. The summed E-state index contributed by atoms with van der Waals surface area (Å²) in [5, 5.41) is 6.40. The minimum Gasteiger partial charge on any atom is -0.352 e. The lowest BCUT2D eigenvalue weighted by Crippen LogP contribution is -2.48. The molecular weight excluding hydrogens is 224 g/mol. The molecule has 0 spiro atoms. The smallest absolute Gasteiger partial charge is 0.234 e. The molecule has 1 fully saturated rings. The van der Waals surface area contributed by atoms with E-state index in [2.05, 4.69) is 38.3 Å². The molecule has 0 aliphatic heterocycles. The van der Waals surface area contributed by atoms with Crippen molar-refractivity contribution in [3.8, 4) is 0 Å². The summed E-state index contributed by atoms with van der Waals surface area (Å²) in [6.07, 6.45) is 6.02. The highest BCUT2D eigenvalue weighted by Crippen LogP contribution is 2.37. The van der Waals surface area contributed by atoms with Crippen LogP contribution in [-0.4, -0.2) is 25.0 Å². The first kappa shape index (κ1) is 15.5. The van der Waals surface area contributed by atoms with Crippen LogP contribution in [0, 0.1) is 11.3 Å². The van der Waals surface area contributed by atoms with E-state index in [1.165, 1.54) is 19.3 Å². The van der Waals surface area contributed by atoms with Gasteiger partial charge in [0.25, 0.3) is 0 Å². The molecule has 0 heterocycles. The van der Waals surface area contributed by atoms with Crippen molar-refractivity contribution in [1.29, 1.82) is 0 Å². The van der Waals surface area contributed by atoms with Crippen molar-refractivity contribution >= 4 is 5.91 Å². The summed E-state index contributed by atoms with van der Waals surface area (Å²) in [6.45, 7) is 10.4. The second kappa shape index (κ2) is 7.13. The Bertz CT molecular complexity index is 258. The van der Waals surface area contributed by atoms with E-state index in [-0.39, 0.29) is 11.3 Å². The summed E-state index contributed by atoms with van der Waals surface area (Å²) in [5.41, 5.74) is 0.287. The first-order valence-electron chi connectivity index (χ1n) is 7.45. The molecule has 2 atom stereocenters. The van der Waals surface area contributed by atoms with Crippen molar-refractivity contribution in [3.05, 3.63) is 0 Å². The van der Waals surface area contributed by atoms with Crippen molar-refractivity contribution in [1.82, 2.24) is 10.6 Å². The van der Waals surface area contributed by atoms with E-state index in [0.717, 1.165) is 19.4 Å². The highest BCUT2D eigenvalue weighted by molar-refractivity contribution is 5.78. The molecule has 1 aliphatic carbocycles. The van der Waals surface area contributed by atoms with Crippen LogP contribution >= 0.6 is 0 Å². The van der Waals surface area contributed by atoms with E-state index in [1.807, 2.05) is 0 Å². The highest BCUT2D eigenvalue weighted by atomic mass is 16.1. The summed E-state index contributed by atoms with van der Waals surface area (Å²) in [4.78, 5) is 11.9. The lowest BCUT2D eigenvalue weighted by Gasteiger charge is -2.40. The van der Waals surface area contributed by atoms with Crippen LogP contribution in [0.5, 0.6) is 0 Å². The molecule has 1 aliphatic rings. The van der Waals surface area contributed by atoms with E-state index < -0.39 is 0 Å². The third-order valence-electron chi connectivity index (χ3n) is 3.94. The van der Waals surface area contributed by atoms with Gasteiger partial charge in [-0.3, -0.25) is 4.79 Å². The lowest BCUT2D eigenvalue weighted by atomic mass is 9.69. The molecule has 1 rings (SSSR count). The molecule has 18 heavy (non-hydrogen) atoms. The molecule has 0 radical (unpaired) electrons. The van der Waals surface area contributed by atoms with Crippen LogP contribution in [0.2, 0.25) is 0 Å². The summed E-state index contributed by atoms with van der Waals surface area (Å²) >= 11 is 0. The van der Waals surface area contributed by atoms with Gasteiger partial charge in [-0.05, 0) is 37.1 Å². The van der Waals surface area contributed by atoms with Crippen molar-refractivity contribution in [2.45, 2.75) is 65.8 Å². The van der Waals surface area contributed by atoms with Gasteiger partial charge in [-0.15, -0.1) is 0 Å². The van der Waals surface area contributed by atoms with Gasteiger partial charge in [0.1, 0.15) is 0 Å². The van der Waals surface area contributed by atoms with Crippen molar-refractivity contribution < 1.29 is 4.79 Å². The fourth-order valence-corrected chi connectivity index (χ4v) is 2.98. The van der Waals surface area contributed by atoms with E-state index in [1.54, 1.807) is 0 Å². The zero-order valence-corrected chi connectivity index (χ0v) is 12.5. The highest BCUT2D eigenvalue weighted by Gasteiger charge is 2.34. The Morgan fingerprint density at radius 2 is 1.89 bits per heavy atom. The molecule has 106 valence electrons. The minimum atomic E-state index is 0.157. The maximum absolute atomic E-state index is 11.9. The van der Waals surface area contributed by atoms with Crippen LogP contribution in [0.3, 0.4) is 0 Å². The second-order valence-electron chi connectivity index (χ2n) is 6.61. The Hall–Kier alpha value is -0.570. The molecule has 3 heteroatoms. The van der Waals surface area contributed by atoms with Crippen LogP contribution in [0.1, 0.15) is 59.8 Å². The minimum absolute atomic E-state index is 0.157. The first-order chi connectivity index (χ1) is 8.45. The van der Waals surface area contributed by atoms with Crippen molar-refractivity contribution in [2.24, 2.45) is 11.3 Å². The fraction of sp³-hybridized carbons (Fsp3) is 0.933. The van der Waals surface area contributed by atoms with E-state index in [4.69, 9.17) is 0 Å². The van der Waals surface area contributed by atoms with Gasteiger partial charge in [-0.2, -0.15) is 0 Å². The largest absolute Gasteiger partial charge is 0.352 e. The van der Waals surface area contributed by atoms with E-state index in [0.29, 0.717) is 18.5 Å². The molecule has 2 N–H and O–H groups in total. The maximum Gasteiger partial charge on any atom is 0.234 e. The first-order valence-corrected chi connectivity index (χ1v) is 7.45. The molecule has 3 nitrogen and oxygen atoms in total. The molecule has 0 aromatic heterocycles. The molecule has 1 saturated carbocycles. The van der Waals surface area contributed by atoms with E-state index in [9.17, 15) is 4.79 Å². The second-order valence-corrected chi connectivity index (χ2v) is 6.61. The van der Waals surface area contributed by atoms with Gasteiger partial charge < -0.3 is 10.6 Å². The fourth-order valence-electron chi connectivity index (χ4n) is 2.98. The monoisotopic (exact) mass is 254 g/mol. The average Bonchev–Trinajstić information content (AvgIpc) is 2.28. The number of carbonyl (C=O) groups excluding carboxylic acids is 1. The third kappa shape index (κ3) is 4.97. The molecule has 0 aromatic carbocycles. The predicted octanol–water partition coefficient (Wildman–Crippen LogP) is 2.71. The van der Waals surface area contributed by atoms with Crippen LogP contribution in [-0.2, 0) is 4.79 Å². The van der Waals surface area contributed by atoms with Gasteiger partial charge in [0.2, 0.25) is 5.91 Å². The molecule has 2 unspecified atom stereocenters. The summed E-state index contributed by atoms with van der Waals surface area (Å²) < 4.78 is 0. The van der Waals surface area contributed by atoms with Crippen LogP contribution in [0.4, 0.5) is 0 Å². The Morgan fingerprint density at radius 1 is 1.22 bits per heavy atom. The SMILES string of the molecule is CCCNCC(=O)NC1CCCCC1C(C)(C)C. The molecule has 0 aromatic rings. The number of amides is 1. The average molecular weight is 254 g/mol. The normalized spacial score (nSPS) is 24.9. The Kier molecular flexibility index (Phi) is 6.13. The van der Waals surface area contributed by atoms with Crippen LogP contribution < -0.4 is 10.6 Å². The van der Waals surface area contributed by atoms with Crippen molar-refractivity contribution in [2.75, 3.05) is 13.1 Å². The zero-order chi connectivity index (χ0) is 13.6. The van der Waals surface area contributed by atoms with Gasteiger partial charge in [-0.25, -0.2) is 0 Å². The lowest BCUT2D eigenvalue weighted by molar-refractivity contribution is -0.121. The molecule has 0 saturated heterocycles. The number of nitrogens with one attached hydrogen (secondary N) is 2. The summed E-state index contributed by atoms with van der Waals surface area (Å²) in [6, 6.07) is 0.370. The van der Waals surface area contributed by atoms with Gasteiger partial charge in [0.15, 0.2) is 0 Å². The summed E-state index contributed by atoms with van der Waals surface area (Å²) in [7, 11) is 0. The van der Waals surface area contributed by atoms with Gasteiger partial charge in [0.05, 0.1) is 6.54 Å². The number of hydrogen-bond acceptors (Lipinski definition) is 2. The number of hydrogen-bond donors (Lipinski definition) is 2. The third-order valence-corrected chi connectivity index (χ3v) is 3.94. The zero-order valence-electron chi connectivity index (χ0n) is 12.5. The van der Waals surface area contributed by atoms with E-state index >= 15 is 0 Å². The quantitative estimate of drug-likeness (QED) is 0.741. The Morgan fingerprint density at radius 3 is 2.50 bits per heavy atom. The Labute approximate surface area is 112 Å². The topological polar surface area (TPSA) is 41.1 Å². The predicted molar refractivity (Wildman–Crippen MR) is 76.5 cm³/mol. The number of rotatable bonds is 5. The van der Waals surface area contributed by atoms with Gasteiger partial charge in [0, 0.05) is 6.04 Å². The summed E-state index contributed by atoms with van der Waals surface area (Å²) in [5.74, 6) is 0.769. The van der Waals surface area contributed by atoms with Crippen LogP contribution in [0.15, 0.2) is 0 Å².